The molecule has 0 radical (unpaired) electrons. The molecule has 0 bridgehead atoms. The third kappa shape index (κ3) is 5.76. The normalized spacial score (nSPS) is 11.0. The summed E-state index contributed by atoms with van der Waals surface area (Å²) >= 11 is 0. The molecule has 9 aromatic rings. The van der Waals surface area contributed by atoms with Crippen molar-refractivity contribution in [3.8, 4) is 0 Å². The fraction of sp³-hybridized carbons (Fsp3) is 0.0667. The summed E-state index contributed by atoms with van der Waals surface area (Å²) in [6.07, 6.45) is 0. The van der Waals surface area contributed by atoms with Gasteiger partial charge in [0.2, 0.25) is 0 Å². The SMILES string of the molecule is Cc1ccc2c(ccc3ccccc32)c1.Cc1ccc2ccc3ccccc3c2c1.Cc1cccc2c1ccc1ccccc12. The molecule has 0 N–H and O–H groups in total. The van der Waals surface area contributed by atoms with Crippen LogP contribution in [0.4, 0.5) is 0 Å². The standard InChI is InChI=1S/3C15H12/c1-11-5-4-8-15-13(11)10-9-12-6-2-3-7-14(12)15;1-11-6-9-15-13(10-11)8-7-12-4-2-3-5-14(12)15;1-11-6-7-13-9-8-12-4-2-3-5-14(12)15(13)10-11/h3*2-10H,1H3. The van der Waals surface area contributed by atoms with Gasteiger partial charge in [-0.25, -0.2) is 0 Å². The van der Waals surface area contributed by atoms with Gasteiger partial charge in [0.1, 0.15) is 0 Å². The second-order valence-corrected chi connectivity index (χ2v) is 12.0. The van der Waals surface area contributed by atoms with Crippen LogP contribution in [-0.4, -0.2) is 0 Å². The van der Waals surface area contributed by atoms with E-state index in [1.54, 1.807) is 0 Å². The molecule has 0 spiro atoms. The lowest BCUT2D eigenvalue weighted by Gasteiger charge is -2.05. The molecular weight excluding hydrogens is 540 g/mol. The molecule has 0 saturated carbocycles. The number of rotatable bonds is 0. The molecule has 9 rings (SSSR count). The van der Waals surface area contributed by atoms with Crippen LogP contribution in [0.25, 0.3) is 64.6 Å². The molecular formula is C45H36. The molecule has 9 aromatic carbocycles. The van der Waals surface area contributed by atoms with Crippen LogP contribution in [0, 0.1) is 20.8 Å². The van der Waals surface area contributed by atoms with Crippen molar-refractivity contribution in [1.29, 1.82) is 0 Å². The van der Waals surface area contributed by atoms with Crippen molar-refractivity contribution in [1.82, 2.24) is 0 Å². The predicted molar refractivity (Wildman–Crippen MR) is 199 cm³/mol. The highest BCUT2D eigenvalue weighted by Gasteiger charge is 2.02. The molecule has 0 amide bonds. The summed E-state index contributed by atoms with van der Waals surface area (Å²) in [7, 11) is 0. The van der Waals surface area contributed by atoms with Gasteiger partial charge in [-0.2, -0.15) is 0 Å². The Morgan fingerprint density at radius 1 is 0.244 bits per heavy atom. The van der Waals surface area contributed by atoms with Gasteiger partial charge in [0, 0.05) is 0 Å². The third-order valence-electron chi connectivity index (χ3n) is 8.81. The fourth-order valence-electron chi connectivity index (χ4n) is 6.45. The maximum Gasteiger partial charge on any atom is -0.0103 e. The van der Waals surface area contributed by atoms with Crippen LogP contribution in [0.5, 0.6) is 0 Å². The van der Waals surface area contributed by atoms with Crippen LogP contribution in [0.2, 0.25) is 0 Å². The minimum Gasteiger partial charge on any atom is -0.0616 e. The summed E-state index contributed by atoms with van der Waals surface area (Å²) in [6.45, 7) is 6.44. The molecule has 0 aromatic heterocycles. The van der Waals surface area contributed by atoms with E-state index in [-0.39, 0.29) is 0 Å². The molecule has 0 aliphatic heterocycles. The molecule has 0 unspecified atom stereocenters. The van der Waals surface area contributed by atoms with Gasteiger partial charge in [0.15, 0.2) is 0 Å². The molecule has 0 saturated heterocycles. The Balaban J connectivity index is 0.000000108. The largest absolute Gasteiger partial charge is 0.0616 e. The van der Waals surface area contributed by atoms with Gasteiger partial charge in [0.05, 0.1) is 0 Å². The van der Waals surface area contributed by atoms with E-state index in [1.807, 2.05) is 0 Å². The molecule has 216 valence electrons. The van der Waals surface area contributed by atoms with Crippen molar-refractivity contribution in [2.45, 2.75) is 20.8 Å². The average molecular weight is 577 g/mol. The second kappa shape index (κ2) is 12.3. The predicted octanol–water partition coefficient (Wildman–Crippen LogP) is 12.9. The summed E-state index contributed by atoms with van der Waals surface area (Å²) in [4.78, 5) is 0. The number of aryl methyl sites for hydroxylation is 3. The highest BCUT2D eigenvalue weighted by atomic mass is 14.1. The first kappa shape index (κ1) is 28.3. The zero-order valence-electron chi connectivity index (χ0n) is 26.1. The van der Waals surface area contributed by atoms with Gasteiger partial charge in [-0.05, 0) is 91.0 Å². The van der Waals surface area contributed by atoms with E-state index in [4.69, 9.17) is 0 Å². The lowest BCUT2D eigenvalue weighted by molar-refractivity contribution is 1.51. The van der Waals surface area contributed by atoms with E-state index in [0.29, 0.717) is 0 Å². The van der Waals surface area contributed by atoms with Crippen LogP contribution >= 0.6 is 0 Å². The molecule has 0 aliphatic rings. The van der Waals surface area contributed by atoms with E-state index in [0.717, 1.165) is 0 Å². The first-order chi connectivity index (χ1) is 22.0. The van der Waals surface area contributed by atoms with Crippen molar-refractivity contribution < 1.29 is 0 Å². The van der Waals surface area contributed by atoms with Gasteiger partial charge in [-0.3, -0.25) is 0 Å². The summed E-state index contributed by atoms with van der Waals surface area (Å²) in [6, 6.07) is 58.5. The van der Waals surface area contributed by atoms with Gasteiger partial charge in [0.25, 0.3) is 0 Å². The average Bonchev–Trinajstić information content (AvgIpc) is 3.08. The van der Waals surface area contributed by atoms with Crippen LogP contribution in [0.1, 0.15) is 16.7 Å². The van der Waals surface area contributed by atoms with Crippen molar-refractivity contribution >= 4 is 64.6 Å². The number of fused-ring (bicyclic) bond motifs is 9. The maximum absolute atomic E-state index is 2.26. The molecule has 0 aliphatic carbocycles. The van der Waals surface area contributed by atoms with Crippen LogP contribution in [0.3, 0.4) is 0 Å². The number of hydrogen-bond acceptors (Lipinski definition) is 0. The van der Waals surface area contributed by atoms with Gasteiger partial charge >= 0.3 is 0 Å². The molecule has 0 heteroatoms. The lowest BCUT2D eigenvalue weighted by atomic mass is 9.99. The van der Waals surface area contributed by atoms with Gasteiger partial charge in [-0.1, -0.05) is 175 Å². The maximum atomic E-state index is 2.26. The second-order valence-electron chi connectivity index (χ2n) is 12.0. The van der Waals surface area contributed by atoms with Crippen LogP contribution < -0.4 is 0 Å². The fourth-order valence-corrected chi connectivity index (χ4v) is 6.45. The molecule has 45 heavy (non-hydrogen) atoms. The zero-order valence-corrected chi connectivity index (χ0v) is 26.1. The first-order valence-electron chi connectivity index (χ1n) is 15.7. The van der Waals surface area contributed by atoms with E-state index < -0.39 is 0 Å². The summed E-state index contributed by atoms with van der Waals surface area (Å²) in [5.41, 5.74) is 3.98. The van der Waals surface area contributed by atoms with E-state index in [9.17, 15) is 0 Å². The first-order valence-corrected chi connectivity index (χ1v) is 15.7. The van der Waals surface area contributed by atoms with E-state index in [2.05, 4.69) is 185 Å². The molecule has 0 atom stereocenters. The highest BCUT2D eigenvalue weighted by molar-refractivity contribution is 6.09. The summed E-state index contributed by atoms with van der Waals surface area (Å²) < 4.78 is 0. The minimum atomic E-state index is 1.31. The van der Waals surface area contributed by atoms with E-state index >= 15 is 0 Å². The van der Waals surface area contributed by atoms with Crippen molar-refractivity contribution in [2.24, 2.45) is 0 Å². The molecule has 0 nitrogen and oxygen atoms in total. The highest BCUT2D eigenvalue weighted by Crippen LogP contribution is 2.28. The monoisotopic (exact) mass is 576 g/mol. The molecule has 0 heterocycles. The minimum absolute atomic E-state index is 1.31. The lowest BCUT2D eigenvalue weighted by Crippen LogP contribution is -1.80. The van der Waals surface area contributed by atoms with Gasteiger partial charge < -0.3 is 0 Å². The number of benzene rings is 9. The quantitative estimate of drug-likeness (QED) is 0.158. The summed E-state index contributed by atoms with van der Waals surface area (Å²) in [5.74, 6) is 0. The Hall–Kier alpha value is -5.46. The zero-order chi connectivity index (χ0) is 30.8. The Bertz CT molecular complexity index is 2420. The van der Waals surface area contributed by atoms with Crippen LogP contribution in [-0.2, 0) is 0 Å². The molecule has 0 fully saturated rings. The van der Waals surface area contributed by atoms with E-state index in [1.165, 1.54) is 81.3 Å². The Morgan fingerprint density at radius 3 is 1.31 bits per heavy atom. The Kier molecular flexibility index (Phi) is 7.72. The number of hydrogen-bond donors (Lipinski definition) is 0. The topological polar surface area (TPSA) is 0 Å². The smallest absolute Gasteiger partial charge is 0.0103 e. The van der Waals surface area contributed by atoms with Crippen molar-refractivity contribution in [3.63, 3.8) is 0 Å². The van der Waals surface area contributed by atoms with Crippen LogP contribution in [0.15, 0.2) is 164 Å². The van der Waals surface area contributed by atoms with Gasteiger partial charge in [-0.15, -0.1) is 0 Å². The van der Waals surface area contributed by atoms with Crippen molar-refractivity contribution in [2.75, 3.05) is 0 Å². The third-order valence-corrected chi connectivity index (χ3v) is 8.81. The summed E-state index contributed by atoms with van der Waals surface area (Å²) in [5, 5.41) is 16.0. The Labute approximate surface area is 265 Å². The van der Waals surface area contributed by atoms with Crippen molar-refractivity contribution in [3.05, 3.63) is 180 Å². The Morgan fingerprint density at radius 2 is 0.644 bits per heavy atom.